The fourth-order valence-electron chi connectivity index (χ4n) is 3.38. The zero-order valence-electron chi connectivity index (χ0n) is 12.0. The van der Waals surface area contributed by atoms with Crippen LogP contribution in [0.2, 0.25) is 62.8 Å². The second kappa shape index (κ2) is 3.71. The van der Waals surface area contributed by atoms with Crippen molar-refractivity contribution in [3.8, 4) is 0 Å². The van der Waals surface area contributed by atoms with Crippen LogP contribution in [-0.2, 0) is 0 Å². The molecule has 0 bridgehead atoms. The van der Waals surface area contributed by atoms with Gasteiger partial charge in [0.15, 0.2) is 0 Å². The molecule has 0 N–H and O–H groups in total. The van der Waals surface area contributed by atoms with E-state index in [2.05, 4.69) is 58.9 Å². The highest BCUT2D eigenvalue weighted by Crippen LogP contribution is 2.50. The van der Waals surface area contributed by atoms with Gasteiger partial charge in [0, 0.05) is 34.5 Å². The molecule has 0 aromatic carbocycles. The zero-order valence-corrected chi connectivity index (χ0v) is 17.0. The minimum Gasteiger partial charge on any atom is -0.0698 e. The Hall–Kier alpha value is 0.868. The van der Waals surface area contributed by atoms with Crippen molar-refractivity contribution in [1.82, 2.24) is 0 Å². The number of hydrogen-bond donors (Lipinski definition) is 0. The normalized spacial score (nSPS) is 16.1. The highest BCUT2D eigenvalue weighted by atomic mass is 28.5. The van der Waals surface area contributed by atoms with E-state index < -0.39 is 24.2 Å². The van der Waals surface area contributed by atoms with E-state index in [0.717, 1.165) is 3.91 Å². The van der Waals surface area contributed by atoms with Crippen molar-refractivity contribution in [1.29, 1.82) is 0 Å². The third kappa shape index (κ3) is 2.33. The lowest BCUT2D eigenvalue weighted by Crippen LogP contribution is -2.66. The molecule has 0 aliphatic rings. The van der Waals surface area contributed by atoms with Crippen LogP contribution in [0.1, 0.15) is 0 Å². The first-order valence-corrected chi connectivity index (χ1v) is 17.2. The minimum absolute atomic E-state index is 0.868. The van der Waals surface area contributed by atoms with E-state index in [1.165, 1.54) is 10.2 Å². The van der Waals surface area contributed by atoms with Crippen LogP contribution in [-0.4, -0.2) is 34.5 Å². The molecule has 0 heterocycles. The Balaban J connectivity index is 5.54. The largest absolute Gasteiger partial charge is 0.0698 e. The SMILES string of the molecule is C[Si](C)(C)C([SiH3])([Si](C)(C)C)[Si](C)(C)C. The summed E-state index contributed by atoms with van der Waals surface area (Å²) < 4.78 is 0.868. The smallest absolute Gasteiger partial charge is 0.0418 e. The van der Waals surface area contributed by atoms with Gasteiger partial charge < -0.3 is 0 Å². The minimum atomic E-state index is -0.997. The van der Waals surface area contributed by atoms with Gasteiger partial charge in [-0.25, -0.2) is 0 Å². The van der Waals surface area contributed by atoms with Crippen molar-refractivity contribution in [2.24, 2.45) is 0 Å². The zero-order chi connectivity index (χ0) is 12.0. The summed E-state index contributed by atoms with van der Waals surface area (Å²) in [6.45, 7) is 23.5. The van der Waals surface area contributed by atoms with E-state index in [4.69, 9.17) is 0 Å². The summed E-state index contributed by atoms with van der Waals surface area (Å²) in [7, 11) is -1.56. The van der Waals surface area contributed by atoms with Crippen LogP contribution in [0.4, 0.5) is 0 Å². The predicted molar refractivity (Wildman–Crippen MR) is 82.7 cm³/mol. The molecular weight excluding hydrogens is 232 g/mol. The van der Waals surface area contributed by atoms with E-state index in [1.54, 1.807) is 0 Å². The Labute approximate surface area is 97.3 Å². The number of hydrogen-bond acceptors (Lipinski definition) is 0. The first kappa shape index (κ1) is 14.9. The molecule has 0 aromatic heterocycles. The molecule has 0 saturated carbocycles. The maximum Gasteiger partial charge on any atom is 0.0418 e. The molecule has 0 aromatic rings. The van der Waals surface area contributed by atoms with E-state index in [9.17, 15) is 0 Å². The molecule has 0 aliphatic carbocycles. The monoisotopic (exact) mass is 262 g/mol. The van der Waals surface area contributed by atoms with Crippen molar-refractivity contribution in [3.63, 3.8) is 0 Å². The maximum absolute atomic E-state index is 2.61. The van der Waals surface area contributed by atoms with Gasteiger partial charge in [0.2, 0.25) is 0 Å². The molecule has 0 radical (unpaired) electrons. The van der Waals surface area contributed by atoms with Crippen LogP contribution in [0.5, 0.6) is 0 Å². The summed E-state index contributed by atoms with van der Waals surface area (Å²) in [5.74, 6) is 0. The molecule has 0 spiro atoms. The van der Waals surface area contributed by atoms with Gasteiger partial charge in [-0.2, -0.15) is 0 Å². The van der Waals surface area contributed by atoms with Crippen LogP contribution >= 0.6 is 0 Å². The lowest BCUT2D eigenvalue weighted by atomic mass is 11.6. The molecule has 0 amide bonds. The average Bonchev–Trinajstić information content (AvgIpc) is 1.77. The topological polar surface area (TPSA) is 0 Å². The molecule has 86 valence electrons. The fraction of sp³-hybridized carbons (Fsp3) is 1.00. The van der Waals surface area contributed by atoms with Crippen LogP contribution in [0.3, 0.4) is 0 Å². The molecule has 0 fully saturated rings. The first-order valence-electron chi connectivity index (χ1n) is 5.75. The van der Waals surface area contributed by atoms with Gasteiger partial charge in [0.1, 0.15) is 0 Å². The van der Waals surface area contributed by atoms with Crippen molar-refractivity contribution in [2.75, 3.05) is 0 Å². The summed E-state index contributed by atoms with van der Waals surface area (Å²) in [5.41, 5.74) is 0. The summed E-state index contributed by atoms with van der Waals surface area (Å²) >= 11 is 0. The third-order valence-electron chi connectivity index (χ3n) is 4.50. The van der Waals surface area contributed by atoms with E-state index in [1.807, 2.05) is 0 Å². The molecule has 4 heteroatoms. The summed E-state index contributed by atoms with van der Waals surface area (Å²) in [6.07, 6.45) is 0. The molecule has 0 unspecified atom stereocenters. The van der Waals surface area contributed by atoms with Crippen LogP contribution in [0.15, 0.2) is 0 Å². The molecule has 0 saturated heterocycles. The molecule has 14 heavy (non-hydrogen) atoms. The summed E-state index contributed by atoms with van der Waals surface area (Å²) in [6, 6.07) is 0. The van der Waals surface area contributed by atoms with Gasteiger partial charge in [0.25, 0.3) is 0 Å². The fourth-order valence-corrected chi connectivity index (χ4v) is 30.4. The summed E-state index contributed by atoms with van der Waals surface area (Å²) in [5, 5.41) is 0. The standard InChI is InChI=1S/C10H30Si4/c1-12(2,3)10(11,13(4,5)6)14(7,8)9/h1-9,11H3. The molecule has 0 rings (SSSR count). The summed E-state index contributed by atoms with van der Waals surface area (Å²) in [4.78, 5) is 0. The first-order chi connectivity index (χ1) is 5.75. The molecule has 0 atom stereocenters. The van der Waals surface area contributed by atoms with E-state index in [-0.39, 0.29) is 0 Å². The van der Waals surface area contributed by atoms with E-state index in [0.29, 0.717) is 0 Å². The van der Waals surface area contributed by atoms with Gasteiger partial charge in [-0.3, -0.25) is 0 Å². The lowest BCUT2D eigenvalue weighted by molar-refractivity contribution is 1.25. The van der Waals surface area contributed by atoms with Crippen molar-refractivity contribution in [3.05, 3.63) is 0 Å². The van der Waals surface area contributed by atoms with Gasteiger partial charge in [-0.05, 0) is 0 Å². The van der Waals surface area contributed by atoms with Gasteiger partial charge in [-0.1, -0.05) is 62.8 Å². The van der Waals surface area contributed by atoms with Crippen molar-refractivity contribution in [2.45, 2.75) is 62.8 Å². The molecule has 0 nitrogen and oxygen atoms in total. The predicted octanol–water partition coefficient (Wildman–Crippen LogP) is 3.14. The Morgan fingerprint density at radius 1 is 0.571 bits per heavy atom. The molecule has 0 aliphatic heterocycles. The Morgan fingerprint density at radius 3 is 0.714 bits per heavy atom. The van der Waals surface area contributed by atoms with E-state index >= 15 is 0 Å². The van der Waals surface area contributed by atoms with Gasteiger partial charge in [0.05, 0.1) is 0 Å². The second-order valence-corrected chi connectivity index (χ2v) is 30.4. The van der Waals surface area contributed by atoms with Crippen LogP contribution < -0.4 is 0 Å². The molecular formula is C10H30Si4. The van der Waals surface area contributed by atoms with Crippen LogP contribution in [0.25, 0.3) is 0 Å². The van der Waals surface area contributed by atoms with Crippen molar-refractivity contribution < 1.29 is 0 Å². The van der Waals surface area contributed by atoms with Crippen molar-refractivity contribution >= 4 is 34.5 Å². The van der Waals surface area contributed by atoms with Crippen LogP contribution in [0, 0.1) is 0 Å². The lowest BCUT2D eigenvalue weighted by Gasteiger charge is -2.57. The van der Waals surface area contributed by atoms with Gasteiger partial charge in [-0.15, -0.1) is 0 Å². The Kier molecular flexibility index (Phi) is 3.94. The third-order valence-corrected chi connectivity index (χ3v) is 40.5. The highest BCUT2D eigenvalue weighted by Gasteiger charge is 2.55. The van der Waals surface area contributed by atoms with Gasteiger partial charge >= 0.3 is 0 Å². The quantitative estimate of drug-likeness (QED) is 0.686. The second-order valence-electron chi connectivity index (χ2n) is 7.88. The number of rotatable bonds is 3. The maximum atomic E-state index is 2.61. The highest BCUT2D eigenvalue weighted by molar-refractivity contribution is 7.21. The Morgan fingerprint density at radius 2 is 0.714 bits per heavy atom. The average molecular weight is 263 g/mol. The Bertz CT molecular complexity index is 166.